The van der Waals surface area contributed by atoms with E-state index in [4.69, 9.17) is 19.4 Å². The number of likely N-dealkylation sites (N-methyl/N-ethyl adjacent to an activating group) is 1. The van der Waals surface area contributed by atoms with Crippen LogP contribution in [0.5, 0.6) is 0 Å². The monoisotopic (exact) mass is 833 g/mol. The lowest BCUT2D eigenvalue weighted by molar-refractivity contribution is -0.171. The number of hydrogen-bond acceptors (Lipinski definition) is 10. The number of carbonyl (C=O) groups excluding carboxylic acids is 3. The number of hydrazine groups is 1. The summed E-state index contributed by atoms with van der Waals surface area (Å²) in [6.07, 6.45) is 7.42. The van der Waals surface area contributed by atoms with E-state index < -0.39 is 17.5 Å². The Bertz CT molecular complexity index is 2370. The predicted molar refractivity (Wildman–Crippen MR) is 234 cm³/mol. The molecule has 6 atom stereocenters. The topological polar surface area (TPSA) is 131 Å². The number of methoxy groups -OCH3 is 1. The molecule has 8 bridgehead atoms. The van der Waals surface area contributed by atoms with Crippen LogP contribution in [-0.4, -0.2) is 94.2 Å². The number of aromatic nitrogens is 3. The second-order valence-corrected chi connectivity index (χ2v) is 19.8. The molecule has 0 radical (unpaired) electrons. The van der Waals surface area contributed by atoms with Gasteiger partial charge in [0.25, 0.3) is 5.91 Å². The van der Waals surface area contributed by atoms with Gasteiger partial charge in [-0.15, -0.1) is 11.3 Å². The Morgan fingerprint density at radius 3 is 2.63 bits per heavy atom. The molecule has 3 aromatic heterocycles. The fourth-order valence-corrected chi connectivity index (χ4v) is 10.9. The number of thiazole rings is 1. The number of amides is 2. The van der Waals surface area contributed by atoms with Crippen molar-refractivity contribution in [1.82, 2.24) is 35.2 Å². The van der Waals surface area contributed by atoms with Gasteiger partial charge in [0.1, 0.15) is 12.1 Å². The minimum atomic E-state index is -0.828. The maximum Gasteiger partial charge on any atom is 0.325 e. The van der Waals surface area contributed by atoms with Crippen LogP contribution in [0.1, 0.15) is 88.7 Å². The van der Waals surface area contributed by atoms with Gasteiger partial charge >= 0.3 is 5.97 Å². The van der Waals surface area contributed by atoms with E-state index in [0.29, 0.717) is 19.3 Å². The zero-order chi connectivity index (χ0) is 42.2. The average Bonchev–Trinajstić information content (AvgIpc) is 3.50. The van der Waals surface area contributed by atoms with E-state index in [1.165, 1.54) is 22.5 Å². The number of esters is 1. The van der Waals surface area contributed by atoms with E-state index in [-0.39, 0.29) is 66.6 Å². The van der Waals surface area contributed by atoms with Crippen molar-refractivity contribution >= 4 is 45.6 Å². The third-order valence-corrected chi connectivity index (χ3v) is 15.0. The van der Waals surface area contributed by atoms with Crippen molar-refractivity contribution in [2.75, 3.05) is 33.9 Å². The average molecular weight is 834 g/mol. The third kappa shape index (κ3) is 7.39. The van der Waals surface area contributed by atoms with E-state index in [1.807, 2.05) is 13.1 Å². The third-order valence-electron chi connectivity index (χ3n) is 14.2. The number of hydrogen-bond donors (Lipinski definition) is 2. The number of nitrogens with zero attached hydrogens (tertiary/aromatic N) is 5. The summed E-state index contributed by atoms with van der Waals surface area (Å²) in [4.78, 5) is 54.5. The molecule has 4 fully saturated rings. The molecule has 4 aliphatic heterocycles. The van der Waals surface area contributed by atoms with Crippen LogP contribution in [0, 0.1) is 29.1 Å². The zero-order valence-electron chi connectivity index (χ0n) is 36.2. The minimum Gasteiger partial charge on any atom is -0.464 e. The number of aryl methyl sites for hydroxylation is 1. The van der Waals surface area contributed by atoms with Crippen molar-refractivity contribution in [1.29, 1.82) is 0 Å². The van der Waals surface area contributed by atoms with Crippen LogP contribution in [0.25, 0.3) is 39.0 Å². The highest BCUT2D eigenvalue weighted by Crippen LogP contribution is 2.46. The van der Waals surface area contributed by atoms with E-state index in [2.05, 4.69) is 97.6 Å². The molecule has 2 amide bonds. The quantitative estimate of drug-likeness (QED) is 0.193. The summed E-state index contributed by atoms with van der Waals surface area (Å²) in [6.45, 7) is 15.5. The number of nitrogens with one attached hydrogen (secondary N) is 2. The molecular weight excluding hydrogens is 775 g/mol. The molecular formula is C47H59N7O5S. The van der Waals surface area contributed by atoms with Gasteiger partial charge in [0, 0.05) is 89.7 Å². The normalized spacial score (nSPS) is 28.4. The second-order valence-electron chi connectivity index (χ2n) is 18.9. The van der Waals surface area contributed by atoms with Gasteiger partial charge in [-0.25, -0.2) is 10.4 Å². The smallest absolute Gasteiger partial charge is 0.325 e. The fourth-order valence-electron chi connectivity index (χ4n) is 10.0. The van der Waals surface area contributed by atoms with Crippen molar-refractivity contribution < 1.29 is 23.9 Å². The summed E-state index contributed by atoms with van der Waals surface area (Å²) in [6, 6.07) is 7.31. The maximum absolute atomic E-state index is 14.4. The number of carbonyl (C=O) groups is 3. The van der Waals surface area contributed by atoms with Crippen molar-refractivity contribution in [3.63, 3.8) is 0 Å². The fraction of sp³-hybridized carbons (Fsp3) is 0.553. The van der Waals surface area contributed by atoms with E-state index in [1.54, 1.807) is 12.1 Å². The zero-order valence-corrected chi connectivity index (χ0v) is 37.0. The number of cyclic esters (lactones) is 1. The van der Waals surface area contributed by atoms with Crippen LogP contribution < -0.4 is 10.7 Å². The Hall–Kier alpha value is -4.43. The summed E-state index contributed by atoms with van der Waals surface area (Å²) >= 11 is 1.51. The van der Waals surface area contributed by atoms with Crippen molar-refractivity contribution in [3.05, 3.63) is 63.7 Å². The highest BCUT2D eigenvalue weighted by molar-refractivity contribution is 7.10. The lowest BCUT2D eigenvalue weighted by atomic mass is 9.73. The Balaban J connectivity index is 1.19. The molecule has 2 saturated heterocycles. The molecule has 2 saturated carbocycles. The molecule has 4 aromatic rings. The Morgan fingerprint density at radius 2 is 1.93 bits per heavy atom. The molecule has 1 unspecified atom stereocenters. The molecule has 10 rings (SSSR count). The Labute approximate surface area is 357 Å². The van der Waals surface area contributed by atoms with Gasteiger partial charge in [-0.1, -0.05) is 39.8 Å². The molecule has 7 heterocycles. The highest BCUT2D eigenvalue weighted by Gasteiger charge is 2.53. The van der Waals surface area contributed by atoms with Crippen LogP contribution in [0.15, 0.2) is 41.9 Å². The van der Waals surface area contributed by atoms with Gasteiger partial charge < -0.3 is 24.3 Å². The van der Waals surface area contributed by atoms with Gasteiger partial charge in [-0.2, -0.15) is 0 Å². The largest absolute Gasteiger partial charge is 0.464 e. The summed E-state index contributed by atoms with van der Waals surface area (Å²) < 4.78 is 14.5. The lowest BCUT2D eigenvalue weighted by Crippen LogP contribution is -2.71. The van der Waals surface area contributed by atoms with Crippen molar-refractivity contribution in [3.8, 4) is 22.5 Å². The Kier molecular flexibility index (Phi) is 10.8. The molecule has 60 heavy (non-hydrogen) atoms. The van der Waals surface area contributed by atoms with Crippen LogP contribution in [0.3, 0.4) is 0 Å². The Morgan fingerprint density at radius 1 is 1.15 bits per heavy atom. The first-order valence-electron chi connectivity index (χ1n) is 21.8. The van der Waals surface area contributed by atoms with Crippen molar-refractivity contribution in [2.24, 2.45) is 29.1 Å². The highest BCUT2D eigenvalue weighted by atomic mass is 32.1. The van der Waals surface area contributed by atoms with E-state index >= 15 is 0 Å². The van der Waals surface area contributed by atoms with Crippen LogP contribution in [0.4, 0.5) is 0 Å². The molecule has 2 aliphatic carbocycles. The summed E-state index contributed by atoms with van der Waals surface area (Å²) in [5, 5.41) is 8.69. The number of rotatable bonds is 7. The molecule has 1 aromatic carbocycles. The van der Waals surface area contributed by atoms with E-state index in [9.17, 15) is 14.4 Å². The van der Waals surface area contributed by atoms with Crippen LogP contribution in [0.2, 0.25) is 0 Å². The summed E-state index contributed by atoms with van der Waals surface area (Å²) in [5.74, 6) is -0.188. The lowest BCUT2D eigenvalue weighted by Gasteiger charge is -2.53. The standard InChI is InChI=1S/C47H59N7O5S/c1-9-53-39-11-10-29-18-32(39)34(43(53)33-19-36(27(4)58-8)48-22-35(33)28-12-14-52(7)15-13-28)21-47(5,6)24-59-46(57)42-30-16-31(17-30)54(51-42)45(56)37(20-40-49-38(29)23-60-40)50-44(55)41-25(2)26(41)3/h10-12,18-19,22-23,25-27,30-31,37,41-42,51H,9,13-17,20-21,24H2,1-8H3,(H,50,55)/t25-,26+,27-,30?,31?,37-,41?,42-/m0/s1. The molecule has 6 aliphatic rings. The molecule has 0 spiro atoms. The molecule has 318 valence electrons. The van der Waals surface area contributed by atoms with Gasteiger partial charge in [-0.05, 0) is 93.7 Å². The van der Waals surface area contributed by atoms with Gasteiger partial charge in [0.15, 0.2) is 0 Å². The molecule has 2 N–H and O–H groups in total. The van der Waals surface area contributed by atoms with Crippen LogP contribution in [-0.2, 0) is 43.2 Å². The first kappa shape index (κ1) is 40.9. The first-order valence-corrected chi connectivity index (χ1v) is 22.7. The van der Waals surface area contributed by atoms with Gasteiger partial charge in [-0.3, -0.25) is 24.4 Å². The van der Waals surface area contributed by atoms with Crippen LogP contribution >= 0.6 is 11.3 Å². The molecule has 12 nitrogen and oxygen atoms in total. The van der Waals surface area contributed by atoms with Crippen molar-refractivity contribution in [2.45, 2.75) is 104 Å². The van der Waals surface area contributed by atoms with Gasteiger partial charge in [0.2, 0.25) is 5.91 Å². The summed E-state index contributed by atoms with van der Waals surface area (Å²) in [5.41, 5.74) is 12.5. The SMILES string of the molecule is CCn1c(-c2cc([C@H](C)OC)ncc2C2=CCN(C)CC2)c2c3cc(ccc31)-c1csc(n1)C[C@H](NC(=O)C1[C@@H](C)[C@H]1C)C(=O)N1N[C@H](C(=O)OCC(C)(C)C2)C2CC1C2. The second kappa shape index (κ2) is 15.8. The van der Waals surface area contributed by atoms with Gasteiger partial charge in [0.05, 0.1) is 34.8 Å². The minimum absolute atomic E-state index is 0.0412. The number of ether oxygens (including phenoxy) is 2. The number of pyridine rings is 1. The molecule has 13 heteroatoms. The number of fused-ring (bicyclic) bond motifs is 4. The first-order chi connectivity index (χ1) is 28.7. The number of benzene rings is 1. The predicted octanol–water partition coefficient (Wildman–Crippen LogP) is 6.82. The summed E-state index contributed by atoms with van der Waals surface area (Å²) in [7, 11) is 3.88. The maximum atomic E-state index is 14.4. The van der Waals surface area contributed by atoms with E-state index in [0.717, 1.165) is 75.7 Å².